The summed E-state index contributed by atoms with van der Waals surface area (Å²) in [6, 6.07) is 9.67. The summed E-state index contributed by atoms with van der Waals surface area (Å²) in [5, 5.41) is 0. The van der Waals surface area contributed by atoms with Crippen molar-refractivity contribution in [3.63, 3.8) is 0 Å². The number of ketones is 1. The molecule has 0 aliphatic heterocycles. The zero-order chi connectivity index (χ0) is 12.1. The fourth-order valence-corrected chi connectivity index (χ4v) is 1.59. The quantitative estimate of drug-likeness (QED) is 0.583. The Kier molecular flexibility index (Phi) is 3.42. The highest BCUT2D eigenvalue weighted by Crippen LogP contribution is 2.20. The molecule has 2 rings (SSSR count). The lowest BCUT2D eigenvalue weighted by atomic mass is 10.2. The van der Waals surface area contributed by atoms with Crippen LogP contribution in [0.5, 0.6) is 0 Å². The predicted octanol–water partition coefficient (Wildman–Crippen LogP) is 2.92. The van der Waals surface area contributed by atoms with E-state index in [1.807, 2.05) is 30.3 Å². The summed E-state index contributed by atoms with van der Waals surface area (Å²) in [6.45, 7) is 0. The molecule has 2 heteroatoms. The maximum absolute atomic E-state index is 11.1. The van der Waals surface area contributed by atoms with Crippen LogP contribution >= 0.6 is 0 Å². The molecule has 0 saturated heterocycles. The van der Waals surface area contributed by atoms with E-state index in [1.165, 1.54) is 6.08 Å². The lowest BCUT2D eigenvalue weighted by molar-refractivity contribution is -0.114. The SMILES string of the molecule is C#C/C(=C\c1ccccc1)OC1=CC(=O)CC1. The van der Waals surface area contributed by atoms with Crippen LogP contribution < -0.4 is 0 Å². The van der Waals surface area contributed by atoms with Gasteiger partial charge in [0.25, 0.3) is 0 Å². The normalized spacial score (nSPS) is 15.4. The molecule has 0 amide bonds. The number of hydrogen-bond donors (Lipinski definition) is 0. The molecular formula is C15H12O2. The number of terminal acetylenes is 1. The van der Waals surface area contributed by atoms with Gasteiger partial charge in [-0.2, -0.15) is 0 Å². The zero-order valence-electron chi connectivity index (χ0n) is 9.35. The van der Waals surface area contributed by atoms with E-state index in [1.54, 1.807) is 6.08 Å². The third-order valence-electron chi connectivity index (χ3n) is 2.42. The molecule has 1 aromatic carbocycles. The van der Waals surface area contributed by atoms with Crippen molar-refractivity contribution in [2.45, 2.75) is 12.8 Å². The van der Waals surface area contributed by atoms with E-state index in [0.717, 1.165) is 5.56 Å². The van der Waals surface area contributed by atoms with Crippen LogP contribution in [-0.4, -0.2) is 5.78 Å². The molecule has 17 heavy (non-hydrogen) atoms. The van der Waals surface area contributed by atoms with Crippen LogP contribution in [0.25, 0.3) is 6.08 Å². The molecule has 0 bridgehead atoms. The predicted molar refractivity (Wildman–Crippen MR) is 66.7 cm³/mol. The van der Waals surface area contributed by atoms with Gasteiger partial charge in [0.1, 0.15) is 5.76 Å². The second-order valence-electron chi connectivity index (χ2n) is 3.74. The van der Waals surface area contributed by atoms with Gasteiger partial charge in [-0.15, -0.1) is 6.42 Å². The van der Waals surface area contributed by atoms with Gasteiger partial charge in [-0.25, -0.2) is 0 Å². The minimum atomic E-state index is 0.0936. The Morgan fingerprint density at radius 3 is 2.65 bits per heavy atom. The van der Waals surface area contributed by atoms with Gasteiger partial charge in [-0.1, -0.05) is 30.3 Å². The number of carbonyl (C=O) groups is 1. The van der Waals surface area contributed by atoms with Gasteiger partial charge < -0.3 is 4.74 Å². The largest absolute Gasteiger partial charge is 0.453 e. The Hall–Kier alpha value is -2.27. The topological polar surface area (TPSA) is 26.3 Å². The summed E-state index contributed by atoms with van der Waals surface area (Å²) < 4.78 is 5.50. The second-order valence-corrected chi connectivity index (χ2v) is 3.74. The molecule has 0 unspecified atom stereocenters. The lowest BCUT2D eigenvalue weighted by Gasteiger charge is -2.04. The Balaban J connectivity index is 2.13. The minimum Gasteiger partial charge on any atom is -0.453 e. The van der Waals surface area contributed by atoms with Crippen molar-refractivity contribution < 1.29 is 9.53 Å². The Labute approximate surface area is 101 Å². The smallest absolute Gasteiger partial charge is 0.177 e. The number of benzene rings is 1. The first-order valence-corrected chi connectivity index (χ1v) is 5.42. The zero-order valence-corrected chi connectivity index (χ0v) is 9.35. The van der Waals surface area contributed by atoms with E-state index in [-0.39, 0.29) is 5.78 Å². The molecule has 0 spiro atoms. The Morgan fingerprint density at radius 2 is 2.06 bits per heavy atom. The Morgan fingerprint density at radius 1 is 1.29 bits per heavy atom. The highest BCUT2D eigenvalue weighted by Gasteiger charge is 2.13. The van der Waals surface area contributed by atoms with Crippen LogP contribution in [0.15, 0.2) is 47.9 Å². The molecule has 0 saturated carbocycles. The maximum Gasteiger partial charge on any atom is 0.177 e. The average molecular weight is 224 g/mol. The first-order chi connectivity index (χ1) is 8.28. The number of allylic oxidation sites excluding steroid dienone is 3. The highest BCUT2D eigenvalue weighted by atomic mass is 16.5. The van der Waals surface area contributed by atoms with Gasteiger partial charge in [0.2, 0.25) is 0 Å². The van der Waals surface area contributed by atoms with Gasteiger partial charge in [0, 0.05) is 18.9 Å². The summed E-state index contributed by atoms with van der Waals surface area (Å²) in [5.41, 5.74) is 0.977. The summed E-state index contributed by atoms with van der Waals surface area (Å²) in [6.07, 6.45) is 9.81. The van der Waals surface area contributed by atoms with Crippen molar-refractivity contribution in [2.75, 3.05) is 0 Å². The van der Waals surface area contributed by atoms with Crippen LogP contribution in [0, 0.1) is 12.3 Å². The molecule has 1 aliphatic carbocycles. The third kappa shape index (κ3) is 3.09. The maximum atomic E-state index is 11.1. The fraction of sp³-hybridized carbons (Fsp3) is 0.133. The van der Waals surface area contributed by atoms with E-state index in [2.05, 4.69) is 5.92 Å². The monoisotopic (exact) mass is 224 g/mol. The van der Waals surface area contributed by atoms with E-state index in [0.29, 0.717) is 24.4 Å². The molecule has 84 valence electrons. The van der Waals surface area contributed by atoms with Crippen LogP contribution in [0.1, 0.15) is 18.4 Å². The van der Waals surface area contributed by atoms with Crippen LogP contribution in [-0.2, 0) is 9.53 Å². The summed E-state index contributed by atoms with van der Waals surface area (Å²) in [4.78, 5) is 11.1. The fourth-order valence-electron chi connectivity index (χ4n) is 1.59. The van der Waals surface area contributed by atoms with E-state index in [4.69, 9.17) is 11.2 Å². The number of carbonyl (C=O) groups excluding carboxylic acids is 1. The van der Waals surface area contributed by atoms with Gasteiger partial charge in [-0.05, 0) is 17.6 Å². The number of ether oxygens (including phenoxy) is 1. The first-order valence-electron chi connectivity index (χ1n) is 5.42. The van der Waals surface area contributed by atoms with E-state index >= 15 is 0 Å². The molecule has 1 aromatic rings. The molecule has 0 heterocycles. The van der Waals surface area contributed by atoms with Crippen LogP contribution in [0.4, 0.5) is 0 Å². The number of hydrogen-bond acceptors (Lipinski definition) is 2. The molecule has 2 nitrogen and oxygen atoms in total. The average Bonchev–Trinajstić information content (AvgIpc) is 2.75. The first kappa shape index (κ1) is 11.2. The van der Waals surface area contributed by atoms with Gasteiger partial charge in [0.05, 0.1) is 0 Å². The van der Waals surface area contributed by atoms with Crippen molar-refractivity contribution >= 4 is 11.9 Å². The molecule has 0 aromatic heterocycles. The summed E-state index contributed by atoms with van der Waals surface area (Å²) in [7, 11) is 0. The van der Waals surface area contributed by atoms with E-state index in [9.17, 15) is 4.79 Å². The summed E-state index contributed by atoms with van der Waals surface area (Å²) in [5.74, 6) is 3.65. The molecule has 1 aliphatic rings. The molecular weight excluding hydrogens is 212 g/mol. The summed E-state index contributed by atoms with van der Waals surface area (Å²) >= 11 is 0. The van der Waals surface area contributed by atoms with Gasteiger partial charge >= 0.3 is 0 Å². The van der Waals surface area contributed by atoms with Gasteiger partial charge in [0.15, 0.2) is 11.5 Å². The third-order valence-corrected chi connectivity index (χ3v) is 2.42. The molecule has 0 atom stereocenters. The van der Waals surface area contributed by atoms with Crippen molar-refractivity contribution in [1.82, 2.24) is 0 Å². The molecule has 0 fully saturated rings. The van der Waals surface area contributed by atoms with Crippen molar-refractivity contribution in [3.05, 3.63) is 53.5 Å². The van der Waals surface area contributed by atoms with Crippen molar-refractivity contribution in [1.29, 1.82) is 0 Å². The van der Waals surface area contributed by atoms with Crippen molar-refractivity contribution in [2.24, 2.45) is 0 Å². The lowest BCUT2D eigenvalue weighted by Crippen LogP contribution is -1.88. The second kappa shape index (κ2) is 5.18. The number of rotatable bonds is 3. The molecule has 0 N–H and O–H groups in total. The standard InChI is InChI=1S/C15H12O2/c1-2-14(10-12-6-4-3-5-7-12)17-15-9-8-13(16)11-15/h1,3-7,10-11H,8-9H2/b14-10+. The van der Waals surface area contributed by atoms with Crippen LogP contribution in [0.3, 0.4) is 0 Å². The van der Waals surface area contributed by atoms with Crippen molar-refractivity contribution in [3.8, 4) is 12.3 Å². The highest BCUT2D eigenvalue weighted by molar-refractivity contribution is 5.92. The molecule has 0 radical (unpaired) electrons. The van der Waals surface area contributed by atoms with E-state index < -0.39 is 0 Å². The minimum absolute atomic E-state index is 0.0936. The Bertz CT molecular complexity index is 516. The van der Waals surface area contributed by atoms with Crippen LogP contribution in [0.2, 0.25) is 0 Å². The van der Waals surface area contributed by atoms with Gasteiger partial charge in [-0.3, -0.25) is 4.79 Å².